The van der Waals surface area contributed by atoms with Gasteiger partial charge < -0.3 is 19.3 Å². The van der Waals surface area contributed by atoms with Crippen LogP contribution in [0.5, 0.6) is 23.0 Å². The standard InChI is InChI=1S/C88H56N2O2/c1-5-25-59(26-6-1)87(60-27-7-2-8-28-60)73-35-15-13-33-65(73)67-49-45-57(53-75(67)87)85-69-51-47-64(90-79-39-19-23-43-83(79)92-84-44-24-20-40-80(84)90)56-72(69)86(70-52-48-63(55-71(70)85)89-77-37-17-21-41-81(77)91-82-42-22-18-38-78(82)89)58-46-50-68-66-34-14-16-36-74(66)88(76(68)54-58,61-29-9-3-10-30-61)62-31-11-4-12-32-62/h1-56H. The maximum Gasteiger partial charge on any atom is 0.151 e. The molecule has 92 heavy (non-hydrogen) atoms. The molecule has 15 aromatic rings. The van der Waals surface area contributed by atoms with Crippen LogP contribution in [-0.4, -0.2) is 0 Å². The van der Waals surface area contributed by atoms with E-state index in [1.807, 2.05) is 0 Å². The highest BCUT2D eigenvalue weighted by atomic mass is 16.5. The molecule has 4 aliphatic rings. The summed E-state index contributed by atoms with van der Waals surface area (Å²) < 4.78 is 13.4. The van der Waals surface area contributed by atoms with Crippen molar-refractivity contribution in [3.05, 3.63) is 384 Å². The molecule has 0 saturated heterocycles. The number of para-hydroxylation sites is 8. The fourth-order valence-electron chi connectivity index (χ4n) is 16.3. The predicted octanol–water partition coefficient (Wildman–Crippen LogP) is 23.2. The van der Waals surface area contributed by atoms with Gasteiger partial charge in [0.2, 0.25) is 0 Å². The highest BCUT2D eigenvalue weighted by molar-refractivity contribution is 6.23. The number of benzene rings is 15. The number of hydrogen-bond acceptors (Lipinski definition) is 4. The first kappa shape index (κ1) is 52.0. The van der Waals surface area contributed by atoms with Crippen LogP contribution in [0.25, 0.3) is 66.1 Å². The van der Waals surface area contributed by atoms with Crippen LogP contribution in [0, 0.1) is 0 Å². The van der Waals surface area contributed by atoms with Crippen molar-refractivity contribution in [2.24, 2.45) is 0 Å². The van der Waals surface area contributed by atoms with Gasteiger partial charge in [-0.05, 0) is 195 Å². The third-order valence-electron chi connectivity index (χ3n) is 20.0. The molecule has 15 aromatic carbocycles. The smallest absolute Gasteiger partial charge is 0.151 e. The van der Waals surface area contributed by atoms with E-state index in [0.29, 0.717) is 0 Å². The highest BCUT2D eigenvalue weighted by Crippen LogP contribution is 2.61. The molecule has 2 aliphatic carbocycles. The molecule has 4 heteroatoms. The van der Waals surface area contributed by atoms with Crippen LogP contribution in [0.1, 0.15) is 44.5 Å². The van der Waals surface area contributed by atoms with Gasteiger partial charge in [-0.15, -0.1) is 0 Å². The fraction of sp³-hybridized carbons (Fsp3) is 0.0227. The molecule has 430 valence electrons. The van der Waals surface area contributed by atoms with Crippen molar-refractivity contribution >= 4 is 55.7 Å². The van der Waals surface area contributed by atoms with Crippen LogP contribution < -0.4 is 19.3 Å². The van der Waals surface area contributed by atoms with Gasteiger partial charge in [0.15, 0.2) is 23.0 Å². The van der Waals surface area contributed by atoms with Gasteiger partial charge in [-0.1, -0.05) is 255 Å². The lowest BCUT2D eigenvalue weighted by Crippen LogP contribution is -2.28. The summed E-state index contributed by atoms with van der Waals surface area (Å²) in [7, 11) is 0. The minimum Gasteiger partial charge on any atom is -0.453 e. The summed E-state index contributed by atoms with van der Waals surface area (Å²) in [5.41, 5.74) is 24.2. The summed E-state index contributed by atoms with van der Waals surface area (Å²) in [5.74, 6) is 3.22. The fourth-order valence-corrected chi connectivity index (χ4v) is 16.3. The Labute approximate surface area is 534 Å². The second kappa shape index (κ2) is 20.3. The Hall–Kier alpha value is -12.0. The molecular weight excluding hydrogens is 1120 g/mol. The van der Waals surface area contributed by atoms with E-state index in [1.165, 1.54) is 66.8 Å². The zero-order valence-corrected chi connectivity index (χ0v) is 50.0. The molecule has 2 aliphatic heterocycles. The van der Waals surface area contributed by atoms with E-state index in [9.17, 15) is 0 Å². The lowest BCUT2D eigenvalue weighted by atomic mass is 9.67. The Morgan fingerprint density at radius 3 is 0.859 bits per heavy atom. The highest BCUT2D eigenvalue weighted by Gasteiger charge is 2.48. The largest absolute Gasteiger partial charge is 0.453 e. The monoisotopic (exact) mass is 1170 g/mol. The third kappa shape index (κ3) is 7.40. The van der Waals surface area contributed by atoms with Crippen LogP contribution in [-0.2, 0) is 10.8 Å². The van der Waals surface area contributed by atoms with Crippen molar-refractivity contribution in [3.8, 4) is 67.5 Å². The van der Waals surface area contributed by atoms with Gasteiger partial charge in [-0.3, -0.25) is 0 Å². The zero-order valence-electron chi connectivity index (χ0n) is 50.0. The molecule has 0 atom stereocenters. The van der Waals surface area contributed by atoms with E-state index in [1.54, 1.807) is 0 Å². The van der Waals surface area contributed by atoms with Crippen molar-refractivity contribution in [1.82, 2.24) is 0 Å². The Balaban J connectivity index is 0.957. The zero-order chi connectivity index (χ0) is 60.5. The normalized spacial score (nSPS) is 14.0. The van der Waals surface area contributed by atoms with Gasteiger partial charge in [0.1, 0.15) is 0 Å². The molecule has 0 spiro atoms. The van der Waals surface area contributed by atoms with E-state index < -0.39 is 10.8 Å². The predicted molar refractivity (Wildman–Crippen MR) is 376 cm³/mol. The molecule has 0 radical (unpaired) electrons. The molecular formula is C88H56N2O2. The summed E-state index contributed by atoms with van der Waals surface area (Å²) in [6, 6.07) is 125. The number of ether oxygens (including phenoxy) is 2. The first-order valence-electron chi connectivity index (χ1n) is 31.7. The van der Waals surface area contributed by atoms with Gasteiger partial charge in [-0.25, -0.2) is 0 Å². The van der Waals surface area contributed by atoms with Crippen molar-refractivity contribution in [2.75, 3.05) is 9.80 Å². The average Bonchev–Trinajstić information content (AvgIpc) is 1.49. The number of anilines is 6. The van der Waals surface area contributed by atoms with Gasteiger partial charge >= 0.3 is 0 Å². The third-order valence-corrected chi connectivity index (χ3v) is 20.0. The average molecular weight is 1170 g/mol. The van der Waals surface area contributed by atoms with Crippen molar-refractivity contribution in [3.63, 3.8) is 0 Å². The number of nitrogens with zero attached hydrogens (tertiary/aromatic N) is 2. The number of hydrogen-bond donors (Lipinski definition) is 0. The summed E-state index contributed by atoms with van der Waals surface area (Å²) >= 11 is 0. The van der Waals surface area contributed by atoms with E-state index in [0.717, 1.165) is 101 Å². The summed E-state index contributed by atoms with van der Waals surface area (Å²) in [6.07, 6.45) is 0. The topological polar surface area (TPSA) is 24.9 Å². The van der Waals surface area contributed by atoms with Gasteiger partial charge in [0, 0.05) is 11.4 Å². The molecule has 0 aromatic heterocycles. The molecule has 19 rings (SSSR count). The van der Waals surface area contributed by atoms with Crippen LogP contribution >= 0.6 is 0 Å². The van der Waals surface area contributed by atoms with Crippen molar-refractivity contribution < 1.29 is 9.47 Å². The molecule has 0 fully saturated rings. The van der Waals surface area contributed by atoms with Gasteiger partial charge in [0.25, 0.3) is 0 Å². The Morgan fingerprint density at radius 2 is 0.511 bits per heavy atom. The van der Waals surface area contributed by atoms with Gasteiger partial charge in [-0.2, -0.15) is 0 Å². The van der Waals surface area contributed by atoms with Gasteiger partial charge in [0.05, 0.1) is 33.6 Å². The molecule has 0 amide bonds. The molecule has 0 bridgehead atoms. The molecule has 2 heterocycles. The summed E-state index contributed by atoms with van der Waals surface area (Å²) in [6.45, 7) is 0. The SMILES string of the molecule is c1ccc(C2(c3ccccc3)c3ccccc3-c3ccc(-c4c5ccc(N6c7ccccc7Oc7ccccc76)cc5c(-c5ccc6c(c5)C(c5ccccc5)(c5ccccc5)c5ccccc5-6)c5ccc(N6c7ccccc7Oc7ccccc76)cc45)cc32)cc1. The Kier molecular flexibility index (Phi) is 11.5. The summed E-state index contributed by atoms with van der Waals surface area (Å²) in [4.78, 5) is 4.76. The number of rotatable bonds is 8. The molecule has 4 nitrogen and oxygen atoms in total. The molecule has 0 N–H and O–H groups in total. The minimum atomic E-state index is -0.626. The maximum absolute atomic E-state index is 6.70. The summed E-state index contributed by atoms with van der Waals surface area (Å²) in [5, 5.41) is 4.52. The Morgan fingerprint density at radius 1 is 0.217 bits per heavy atom. The van der Waals surface area contributed by atoms with E-state index in [2.05, 4.69) is 350 Å². The first-order chi connectivity index (χ1) is 45.6. The second-order valence-corrected chi connectivity index (χ2v) is 24.5. The molecule has 0 unspecified atom stereocenters. The van der Waals surface area contributed by atoms with Crippen molar-refractivity contribution in [1.29, 1.82) is 0 Å². The van der Waals surface area contributed by atoms with E-state index >= 15 is 0 Å². The lowest BCUT2D eigenvalue weighted by Gasteiger charge is -2.35. The van der Waals surface area contributed by atoms with Crippen LogP contribution in [0.2, 0.25) is 0 Å². The lowest BCUT2D eigenvalue weighted by molar-refractivity contribution is 0.477. The van der Waals surface area contributed by atoms with E-state index in [4.69, 9.17) is 9.47 Å². The first-order valence-corrected chi connectivity index (χ1v) is 31.7. The minimum absolute atomic E-state index is 0.626. The number of fused-ring (bicyclic) bond motifs is 12. The van der Waals surface area contributed by atoms with Crippen LogP contribution in [0.15, 0.2) is 340 Å². The molecule has 0 saturated carbocycles. The van der Waals surface area contributed by atoms with Crippen molar-refractivity contribution in [2.45, 2.75) is 10.8 Å². The Bertz CT molecular complexity index is 4980. The van der Waals surface area contributed by atoms with Crippen LogP contribution in [0.3, 0.4) is 0 Å². The second-order valence-electron chi connectivity index (χ2n) is 24.5. The van der Waals surface area contributed by atoms with E-state index in [-0.39, 0.29) is 0 Å². The van der Waals surface area contributed by atoms with Crippen LogP contribution in [0.4, 0.5) is 34.1 Å². The maximum atomic E-state index is 6.70. The quantitative estimate of drug-likeness (QED) is 0.142.